The highest BCUT2D eigenvalue weighted by molar-refractivity contribution is 6.30. The normalized spacial score (nSPS) is 29.2. The van der Waals surface area contributed by atoms with Gasteiger partial charge in [-0.15, -0.1) is 11.6 Å². The van der Waals surface area contributed by atoms with Crippen molar-refractivity contribution in [2.45, 2.75) is 143 Å². The number of ether oxygens (including phenoxy) is 3. The van der Waals surface area contributed by atoms with Crippen molar-refractivity contribution in [3.05, 3.63) is 71.3 Å². The Labute approximate surface area is 343 Å². The Morgan fingerprint density at radius 3 is 2.16 bits per heavy atom. The van der Waals surface area contributed by atoms with Gasteiger partial charge in [-0.05, 0) is 152 Å². The first kappa shape index (κ1) is 42.4. The largest absolute Gasteiger partial charge is 0.494 e. The molecule has 6 rings (SSSR count). The van der Waals surface area contributed by atoms with Gasteiger partial charge < -0.3 is 14.2 Å². The van der Waals surface area contributed by atoms with E-state index in [2.05, 4.69) is 52.5 Å². The molecule has 304 valence electrons. The van der Waals surface area contributed by atoms with Gasteiger partial charge in [-0.1, -0.05) is 91.2 Å². The summed E-state index contributed by atoms with van der Waals surface area (Å²) in [5.74, 6) is 11.9. The molecule has 0 amide bonds. The molecule has 2 aromatic carbocycles. The second kappa shape index (κ2) is 18.6. The summed E-state index contributed by atoms with van der Waals surface area (Å²) in [7, 11) is 0. The standard InChI is InChI=1S/C50H67ClO5/c1-33(2)10-8-11-35(5)43-25-26-44-42-24-19-38-32-41(27-29-49(38,6)45(42)28-30-50(43,44)7)55-46(52)12-9-31-54-39-20-15-36(16-21-39)13-14-37-17-22-40(23-18-37)56-48(53)47(51)34(3)4/h15-23,33-35,41-45,47H,8-12,24-32H2,1-7H3/t35-,41+,42+,43-,44+,45+,47+,49+,50-/m1/s1. The predicted molar refractivity (Wildman–Crippen MR) is 227 cm³/mol. The molecule has 3 fully saturated rings. The molecule has 3 saturated carbocycles. The van der Waals surface area contributed by atoms with Crippen LogP contribution in [0.4, 0.5) is 0 Å². The van der Waals surface area contributed by atoms with Crippen molar-refractivity contribution in [2.24, 2.45) is 52.3 Å². The van der Waals surface area contributed by atoms with Crippen LogP contribution in [-0.2, 0) is 14.3 Å². The molecule has 56 heavy (non-hydrogen) atoms. The number of alkyl halides is 1. The van der Waals surface area contributed by atoms with E-state index in [0.29, 0.717) is 30.6 Å². The van der Waals surface area contributed by atoms with Crippen molar-refractivity contribution in [1.82, 2.24) is 0 Å². The zero-order chi connectivity index (χ0) is 40.0. The smallest absolute Gasteiger partial charge is 0.329 e. The second-order valence-corrected chi connectivity index (χ2v) is 19.4. The molecule has 0 spiro atoms. The summed E-state index contributed by atoms with van der Waals surface area (Å²) in [6, 6.07) is 14.7. The first-order chi connectivity index (χ1) is 26.8. The fraction of sp³-hybridized carbons (Fsp3) is 0.640. The van der Waals surface area contributed by atoms with Crippen LogP contribution in [0.25, 0.3) is 0 Å². The van der Waals surface area contributed by atoms with Crippen molar-refractivity contribution in [2.75, 3.05) is 6.61 Å². The molecule has 5 nitrogen and oxygen atoms in total. The SMILES string of the molecule is CC(C)CCC[C@@H](C)[C@H]1CC[C@H]2[C@@H]3CC=C4C[C@@H](OC(=O)CCCOc5ccc(C#Cc6ccc(OC(=O)[C@@H](Cl)C(C)C)cc6)cc5)CC[C@]4(C)[C@H]3CC[C@]12C. The summed E-state index contributed by atoms with van der Waals surface area (Å²) in [5.41, 5.74) is 4.00. The Kier molecular flexibility index (Phi) is 14.1. The lowest BCUT2D eigenvalue weighted by Crippen LogP contribution is -2.51. The van der Waals surface area contributed by atoms with Crippen molar-refractivity contribution in [1.29, 1.82) is 0 Å². The van der Waals surface area contributed by atoms with Crippen LogP contribution in [0.2, 0.25) is 0 Å². The third kappa shape index (κ3) is 9.89. The van der Waals surface area contributed by atoms with Crippen LogP contribution in [0.3, 0.4) is 0 Å². The Bertz CT molecular complexity index is 1730. The van der Waals surface area contributed by atoms with Gasteiger partial charge in [0.25, 0.3) is 0 Å². The predicted octanol–water partition coefficient (Wildman–Crippen LogP) is 12.4. The number of carbonyl (C=O) groups excluding carboxylic acids is 2. The molecule has 0 aromatic heterocycles. The number of hydrogen-bond acceptors (Lipinski definition) is 5. The summed E-state index contributed by atoms with van der Waals surface area (Å²) in [6.07, 6.45) is 17.6. The molecule has 0 bridgehead atoms. The summed E-state index contributed by atoms with van der Waals surface area (Å²) < 4.78 is 17.4. The highest BCUT2D eigenvalue weighted by Gasteiger charge is 2.59. The van der Waals surface area contributed by atoms with Gasteiger partial charge in [-0.2, -0.15) is 0 Å². The van der Waals surface area contributed by atoms with Crippen LogP contribution < -0.4 is 9.47 Å². The lowest BCUT2D eigenvalue weighted by atomic mass is 9.47. The van der Waals surface area contributed by atoms with E-state index >= 15 is 0 Å². The molecule has 0 radical (unpaired) electrons. The van der Waals surface area contributed by atoms with E-state index in [1.165, 1.54) is 51.4 Å². The number of esters is 2. The van der Waals surface area contributed by atoms with Crippen LogP contribution in [0.15, 0.2) is 60.2 Å². The van der Waals surface area contributed by atoms with Gasteiger partial charge >= 0.3 is 11.9 Å². The number of carbonyl (C=O) groups is 2. The van der Waals surface area contributed by atoms with Crippen LogP contribution in [0.5, 0.6) is 11.5 Å². The van der Waals surface area contributed by atoms with E-state index in [4.69, 9.17) is 25.8 Å². The lowest BCUT2D eigenvalue weighted by molar-refractivity contribution is -0.151. The first-order valence-corrected chi connectivity index (χ1v) is 22.3. The third-order valence-corrected chi connectivity index (χ3v) is 15.1. The van der Waals surface area contributed by atoms with Crippen molar-refractivity contribution in [3.63, 3.8) is 0 Å². The Morgan fingerprint density at radius 2 is 1.50 bits per heavy atom. The van der Waals surface area contributed by atoms with Gasteiger partial charge in [0.2, 0.25) is 0 Å². The molecule has 9 atom stereocenters. The molecule has 0 N–H and O–H groups in total. The van der Waals surface area contributed by atoms with Gasteiger partial charge in [-0.25, -0.2) is 0 Å². The molecule has 2 aromatic rings. The fourth-order valence-corrected chi connectivity index (χ4v) is 11.3. The van der Waals surface area contributed by atoms with Crippen LogP contribution in [0.1, 0.15) is 143 Å². The average Bonchev–Trinajstić information content (AvgIpc) is 3.53. The van der Waals surface area contributed by atoms with Crippen molar-refractivity contribution in [3.8, 4) is 23.3 Å². The van der Waals surface area contributed by atoms with E-state index in [0.717, 1.165) is 71.6 Å². The number of fused-ring (bicyclic) bond motifs is 5. The average molecular weight is 784 g/mol. The topological polar surface area (TPSA) is 61.8 Å². The Morgan fingerprint density at radius 1 is 0.821 bits per heavy atom. The summed E-state index contributed by atoms with van der Waals surface area (Å²) in [4.78, 5) is 25.0. The maximum absolute atomic E-state index is 12.9. The van der Waals surface area contributed by atoms with Crippen LogP contribution in [-0.4, -0.2) is 30.0 Å². The highest BCUT2D eigenvalue weighted by atomic mass is 35.5. The minimum atomic E-state index is -0.683. The number of hydrogen-bond donors (Lipinski definition) is 0. The van der Waals surface area contributed by atoms with E-state index in [-0.39, 0.29) is 23.4 Å². The molecule has 0 heterocycles. The lowest BCUT2D eigenvalue weighted by Gasteiger charge is -2.58. The van der Waals surface area contributed by atoms with E-state index in [1.54, 1.807) is 17.7 Å². The quantitative estimate of drug-likeness (QED) is 0.0477. The molecule has 0 unspecified atom stereocenters. The molecule has 4 aliphatic carbocycles. The molecule has 4 aliphatic rings. The first-order valence-electron chi connectivity index (χ1n) is 21.9. The molecular formula is C50H67ClO5. The van der Waals surface area contributed by atoms with E-state index in [9.17, 15) is 9.59 Å². The van der Waals surface area contributed by atoms with Crippen molar-refractivity contribution < 1.29 is 23.8 Å². The highest BCUT2D eigenvalue weighted by Crippen LogP contribution is 2.67. The Balaban J connectivity index is 0.916. The van der Waals surface area contributed by atoms with E-state index < -0.39 is 11.3 Å². The fourth-order valence-electron chi connectivity index (χ4n) is 11.2. The maximum Gasteiger partial charge on any atom is 0.329 e. The zero-order valence-electron chi connectivity index (χ0n) is 35.2. The minimum absolute atomic E-state index is 0.00543. The minimum Gasteiger partial charge on any atom is -0.494 e. The van der Waals surface area contributed by atoms with E-state index in [1.807, 2.05) is 50.2 Å². The van der Waals surface area contributed by atoms with Gasteiger partial charge in [0, 0.05) is 24.0 Å². The molecular weight excluding hydrogens is 716 g/mol. The summed E-state index contributed by atoms with van der Waals surface area (Å²) in [6.45, 7) is 16.7. The molecule has 0 aliphatic heterocycles. The van der Waals surface area contributed by atoms with Crippen LogP contribution >= 0.6 is 11.6 Å². The van der Waals surface area contributed by atoms with Crippen molar-refractivity contribution >= 4 is 23.5 Å². The number of allylic oxidation sites excluding steroid dienone is 1. The zero-order valence-corrected chi connectivity index (χ0v) is 36.0. The third-order valence-electron chi connectivity index (χ3n) is 14.4. The van der Waals surface area contributed by atoms with Gasteiger partial charge in [0.05, 0.1) is 6.61 Å². The van der Waals surface area contributed by atoms with Gasteiger partial charge in [0.1, 0.15) is 23.0 Å². The maximum atomic E-state index is 12.9. The number of benzene rings is 2. The second-order valence-electron chi connectivity index (χ2n) is 19.0. The molecule has 0 saturated heterocycles. The number of halogens is 1. The number of rotatable bonds is 14. The van der Waals surface area contributed by atoms with Crippen LogP contribution in [0, 0.1) is 64.1 Å². The summed E-state index contributed by atoms with van der Waals surface area (Å²) >= 11 is 6.10. The summed E-state index contributed by atoms with van der Waals surface area (Å²) in [5, 5.41) is -0.683. The monoisotopic (exact) mass is 782 g/mol. The van der Waals surface area contributed by atoms with Gasteiger partial charge in [0.15, 0.2) is 0 Å². The van der Waals surface area contributed by atoms with Gasteiger partial charge in [-0.3, -0.25) is 9.59 Å². The molecule has 6 heteroatoms. The Hall–Kier alpha value is -3.23.